The van der Waals surface area contributed by atoms with Crippen LogP contribution in [-0.2, 0) is 9.53 Å². The molecule has 1 atom stereocenters. The fourth-order valence-electron chi connectivity index (χ4n) is 0.507. The zero-order valence-electron chi connectivity index (χ0n) is 6.62. The molecule has 0 radical (unpaired) electrons. The Balaban J connectivity index is 3.17. The highest BCUT2D eigenvalue weighted by molar-refractivity contribution is 7.80. The topological polar surface area (TPSA) is 26.3 Å². The van der Waals surface area contributed by atoms with Gasteiger partial charge in [-0.25, -0.2) is 0 Å². The maximum atomic E-state index is 10.7. The van der Waals surface area contributed by atoms with Crippen molar-refractivity contribution in [3.8, 4) is 0 Å². The summed E-state index contributed by atoms with van der Waals surface area (Å²) in [5, 5.41) is 0.291. The highest BCUT2D eigenvalue weighted by atomic mass is 32.1. The van der Waals surface area contributed by atoms with Gasteiger partial charge < -0.3 is 4.74 Å². The molecule has 0 fully saturated rings. The van der Waals surface area contributed by atoms with E-state index in [4.69, 9.17) is 4.74 Å². The van der Waals surface area contributed by atoms with E-state index in [9.17, 15) is 4.79 Å². The molecule has 0 aromatic heterocycles. The molecule has 0 bridgehead atoms. The molecule has 0 spiro atoms. The van der Waals surface area contributed by atoms with Gasteiger partial charge in [-0.15, -0.1) is 0 Å². The van der Waals surface area contributed by atoms with Gasteiger partial charge in [0, 0.05) is 11.0 Å². The van der Waals surface area contributed by atoms with E-state index in [0.29, 0.717) is 24.0 Å². The van der Waals surface area contributed by atoms with Crippen LogP contribution in [0.3, 0.4) is 0 Å². The van der Waals surface area contributed by atoms with Crippen LogP contribution in [0.5, 0.6) is 0 Å². The van der Waals surface area contributed by atoms with Gasteiger partial charge in [-0.1, -0.05) is 6.92 Å². The van der Waals surface area contributed by atoms with Gasteiger partial charge in [-0.3, -0.25) is 4.79 Å². The number of esters is 1. The zero-order valence-corrected chi connectivity index (χ0v) is 8.41. The fraction of sp³-hybridized carbons (Fsp3) is 0.857. The molecule has 0 amide bonds. The molecular weight excluding hydrogens is 180 g/mol. The Labute approximate surface area is 78.5 Å². The second kappa shape index (κ2) is 6.85. The van der Waals surface area contributed by atoms with Crippen LogP contribution in [-0.4, -0.2) is 23.6 Å². The van der Waals surface area contributed by atoms with Crippen LogP contribution in [0.2, 0.25) is 0 Å². The molecule has 2 nitrogen and oxygen atoms in total. The Bertz CT molecular complexity index is 115. The molecule has 1 unspecified atom stereocenters. The van der Waals surface area contributed by atoms with Gasteiger partial charge in [0.05, 0.1) is 13.0 Å². The number of ether oxygens (including phenoxy) is 1. The van der Waals surface area contributed by atoms with Crippen molar-refractivity contribution in [2.75, 3.05) is 12.4 Å². The lowest BCUT2D eigenvalue weighted by Gasteiger charge is -2.04. The van der Waals surface area contributed by atoms with Crippen molar-refractivity contribution in [3.63, 3.8) is 0 Å². The van der Waals surface area contributed by atoms with Crippen molar-refractivity contribution in [3.05, 3.63) is 0 Å². The normalized spacial score (nSPS) is 12.6. The van der Waals surface area contributed by atoms with E-state index in [1.165, 1.54) is 0 Å². The molecule has 0 rings (SSSR count). The molecule has 0 aliphatic carbocycles. The lowest BCUT2D eigenvalue weighted by atomic mass is 10.3. The Morgan fingerprint density at radius 3 is 2.73 bits per heavy atom. The van der Waals surface area contributed by atoms with Crippen molar-refractivity contribution in [2.45, 2.75) is 25.0 Å². The smallest absolute Gasteiger partial charge is 0.306 e. The van der Waals surface area contributed by atoms with E-state index in [2.05, 4.69) is 25.3 Å². The van der Waals surface area contributed by atoms with Crippen LogP contribution in [0.15, 0.2) is 0 Å². The molecule has 0 aromatic carbocycles. The van der Waals surface area contributed by atoms with Crippen molar-refractivity contribution in [1.82, 2.24) is 0 Å². The summed E-state index contributed by atoms with van der Waals surface area (Å²) >= 11 is 8.05. The predicted molar refractivity (Wildman–Crippen MR) is 52.5 cm³/mol. The maximum absolute atomic E-state index is 10.7. The van der Waals surface area contributed by atoms with Crippen LogP contribution in [0.4, 0.5) is 0 Å². The Hall–Kier alpha value is 0.170. The molecule has 66 valence electrons. The number of thiol groups is 2. The standard InChI is InChI=1S/C7H14O2S2/c1-6(11)2-4-9-7(8)3-5-10/h6,10-11H,2-5H2,1H3. The van der Waals surface area contributed by atoms with E-state index in [1.807, 2.05) is 6.92 Å². The molecule has 0 aromatic rings. The average molecular weight is 194 g/mol. The van der Waals surface area contributed by atoms with E-state index in [1.54, 1.807) is 0 Å². The van der Waals surface area contributed by atoms with E-state index >= 15 is 0 Å². The summed E-state index contributed by atoms with van der Waals surface area (Å²) in [5.74, 6) is 0.379. The first kappa shape index (κ1) is 11.2. The van der Waals surface area contributed by atoms with Crippen LogP contribution in [0.1, 0.15) is 19.8 Å². The van der Waals surface area contributed by atoms with E-state index in [-0.39, 0.29) is 5.97 Å². The van der Waals surface area contributed by atoms with E-state index < -0.39 is 0 Å². The maximum Gasteiger partial charge on any atom is 0.306 e. The summed E-state index contributed by atoms with van der Waals surface area (Å²) < 4.78 is 4.86. The minimum Gasteiger partial charge on any atom is -0.466 e. The summed E-state index contributed by atoms with van der Waals surface area (Å²) in [5.41, 5.74) is 0. The first-order valence-electron chi connectivity index (χ1n) is 3.61. The number of carbonyl (C=O) groups excluding carboxylic acids is 1. The predicted octanol–water partition coefficient (Wildman–Crippen LogP) is 1.56. The Kier molecular flexibility index (Phi) is 6.96. The van der Waals surface area contributed by atoms with Crippen molar-refractivity contribution in [1.29, 1.82) is 0 Å². The monoisotopic (exact) mass is 194 g/mol. The van der Waals surface area contributed by atoms with Crippen LogP contribution >= 0.6 is 25.3 Å². The highest BCUT2D eigenvalue weighted by Gasteiger charge is 2.01. The number of carbonyl (C=O) groups is 1. The number of hydrogen-bond donors (Lipinski definition) is 2. The summed E-state index contributed by atoms with van der Waals surface area (Å²) in [6.45, 7) is 2.44. The van der Waals surface area contributed by atoms with Crippen LogP contribution in [0.25, 0.3) is 0 Å². The summed E-state index contributed by atoms with van der Waals surface area (Å²) in [6, 6.07) is 0. The van der Waals surface area contributed by atoms with Crippen molar-refractivity contribution >= 4 is 31.2 Å². The van der Waals surface area contributed by atoms with Gasteiger partial charge in [0.25, 0.3) is 0 Å². The number of hydrogen-bond acceptors (Lipinski definition) is 4. The molecule has 0 saturated heterocycles. The SMILES string of the molecule is CC(S)CCOC(=O)CCS. The molecule has 0 N–H and O–H groups in total. The molecule has 0 aliphatic rings. The second-order valence-electron chi connectivity index (χ2n) is 2.33. The van der Waals surface area contributed by atoms with Gasteiger partial charge in [0.1, 0.15) is 0 Å². The third-order valence-electron chi connectivity index (χ3n) is 1.11. The third-order valence-corrected chi connectivity index (χ3v) is 1.60. The Morgan fingerprint density at radius 2 is 2.27 bits per heavy atom. The van der Waals surface area contributed by atoms with Crippen molar-refractivity contribution in [2.24, 2.45) is 0 Å². The van der Waals surface area contributed by atoms with E-state index in [0.717, 1.165) is 6.42 Å². The molecule has 11 heavy (non-hydrogen) atoms. The Morgan fingerprint density at radius 1 is 1.64 bits per heavy atom. The van der Waals surface area contributed by atoms with Gasteiger partial charge in [-0.2, -0.15) is 25.3 Å². The van der Waals surface area contributed by atoms with Gasteiger partial charge in [0.15, 0.2) is 0 Å². The second-order valence-corrected chi connectivity index (χ2v) is 3.66. The molecular formula is C7H14O2S2. The van der Waals surface area contributed by atoms with Crippen LogP contribution in [0, 0.1) is 0 Å². The van der Waals surface area contributed by atoms with Gasteiger partial charge in [-0.05, 0) is 6.42 Å². The summed E-state index contributed by atoms with van der Waals surface area (Å²) in [7, 11) is 0. The summed E-state index contributed by atoms with van der Waals surface area (Å²) in [6.07, 6.45) is 1.20. The lowest BCUT2D eigenvalue weighted by molar-refractivity contribution is -0.143. The first-order valence-corrected chi connectivity index (χ1v) is 4.76. The average Bonchev–Trinajstić information content (AvgIpc) is 1.87. The minimum absolute atomic E-state index is 0.172. The highest BCUT2D eigenvalue weighted by Crippen LogP contribution is 1.99. The third kappa shape index (κ3) is 8.07. The van der Waals surface area contributed by atoms with Crippen molar-refractivity contribution < 1.29 is 9.53 Å². The minimum atomic E-state index is -0.172. The fourth-order valence-corrected chi connectivity index (χ4v) is 0.795. The molecule has 0 heterocycles. The first-order chi connectivity index (χ1) is 5.16. The quantitative estimate of drug-likeness (QED) is 0.513. The molecule has 0 saturated carbocycles. The zero-order chi connectivity index (χ0) is 8.69. The molecule has 0 aliphatic heterocycles. The number of rotatable bonds is 5. The lowest BCUT2D eigenvalue weighted by Crippen LogP contribution is -2.08. The molecule has 4 heteroatoms. The largest absolute Gasteiger partial charge is 0.466 e. The van der Waals surface area contributed by atoms with Gasteiger partial charge in [0.2, 0.25) is 0 Å². The van der Waals surface area contributed by atoms with Gasteiger partial charge >= 0.3 is 5.97 Å². The summed E-state index contributed by atoms with van der Waals surface area (Å²) in [4.78, 5) is 10.7. The van der Waals surface area contributed by atoms with Crippen LogP contribution < -0.4 is 0 Å².